The van der Waals surface area contributed by atoms with Gasteiger partial charge in [0.15, 0.2) is 5.69 Å². The number of benzene rings is 1. The highest BCUT2D eigenvalue weighted by Gasteiger charge is 2.17. The molecule has 0 bridgehead atoms. The summed E-state index contributed by atoms with van der Waals surface area (Å²) >= 11 is 6.33. The first-order valence-corrected chi connectivity index (χ1v) is 8.41. The molecular formula is C18H23ClN2O4. The standard InChI is InChI=1S/C18H23ClN2O4/c1-12(2)11-21-16(10-15(20-21)18(22)24-4)13-5-6-17(14(19)9-13)25-8-7-23-3/h5-6,9-10,12H,7-8,11H2,1-4H3. The first-order chi connectivity index (χ1) is 12.0. The number of carbonyl (C=O) groups is 1. The molecule has 0 atom stereocenters. The largest absolute Gasteiger partial charge is 0.490 e. The summed E-state index contributed by atoms with van der Waals surface area (Å²) in [5.74, 6) is 0.497. The third-order valence-corrected chi connectivity index (χ3v) is 3.78. The smallest absolute Gasteiger partial charge is 0.358 e. The first kappa shape index (κ1) is 19.3. The molecule has 0 aliphatic rings. The fourth-order valence-corrected chi connectivity index (χ4v) is 2.59. The Morgan fingerprint density at radius 3 is 2.60 bits per heavy atom. The zero-order chi connectivity index (χ0) is 18.4. The van der Waals surface area contributed by atoms with Gasteiger partial charge in [-0.05, 0) is 30.2 Å². The lowest BCUT2D eigenvalue weighted by atomic mass is 10.1. The third-order valence-electron chi connectivity index (χ3n) is 3.49. The molecule has 0 unspecified atom stereocenters. The minimum absolute atomic E-state index is 0.273. The van der Waals surface area contributed by atoms with Crippen LogP contribution in [0.15, 0.2) is 24.3 Å². The number of halogens is 1. The van der Waals surface area contributed by atoms with Gasteiger partial charge in [-0.25, -0.2) is 4.79 Å². The second kappa shape index (κ2) is 8.87. The average Bonchev–Trinajstić information content (AvgIpc) is 2.98. The number of esters is 1. The van der Waals surface area contributed by atoms with Crippen molar-refractivity contribution in [3.63, 3.8) is 0 Å². The Morgan fingerprint density at radius 1 is 1.24 bits per heavy atom. The van der Waals surface area contributed by atoms with Crippen LogP contribution >= 0.6 is 11.6 Å². The van der Waals surface area contributed by atoms with Crippen LogP contribution < -0.4 is 4.74 Å². The fourth-order valence-electron chi connectivity index (χ4n) is 2.35. The van der Waals surface area contributed by atoms with Crippen molar-refractivity contribution in [2.45, 2.75) is 20.4 Å². The van der Waals surface area contributed by atoms with E-state index in [0.29, 0.717) is 36.4 Å². The highest BCUT2D eigenvalue weighted by molar-refractivity contribution is 6.32. The number of nitrogens with zero attached hydrogens (tertiary/aromatic N) is 2. The van der Waals surface area contributed by atoms with E-state index in [1.165, 1.54) is 7.11 Å². The second-order valence-electron chi connectivity index (χ2n) is 5.97. The van der Waals surface area contributed by atoms with E-state index >= 15 is 0 Å². The number of aromatic nitrogens is 2. The van der Waals surface area contributed by atoms with Gasteiger partial charge >= 0.3 is 5.97 Å². The van der Waals surface area contributed by atoms with Crippen LogP contribution in [0, 0.1) is 5.92 Å². The molecule has 1 aromatic heterocycles. The van der Waals surface area contributed by atoms with Gasteiger partial charge in [0.25, 0.3) is 0 Å². The predicted molar refractivity (Wildman–Crippen MR) is 96.2 cm³/mol. The van der Waals surface area contributed by atoms with Crippen LogP contribution in [0.3, 0.4) is 0 Å². The molecule has 25 heavy (non-hydrogen) atoms. The van der Waals surface area contributed by atoms with Gasteiger partial charge in [0, 0.05) is 19.2 Å². The number of hydrogen-bond donors (Lipinski definition) is 0. The van der Waals surface area contributed by atoms with E-state index in [1.807, 2.05) is 6.07 Å². The van der Waals surface area contributed by atoms with E-state index < -0.39 is 5.97 Å². The van der Waals surface area contributed by atoms with Crippen LogP contribution in [0.5, 0.6) is 5.75 Å². The summed E-state index contributed by atoms with van der Waals surface area (Å²) in [6.07, 6.45) is 0. The van der Waals surface area contributed by atoms with E-state index in [-0.39, 0.29) is 5.69 Å². The Balaban J connectivity index is 2.34. The lowest BCUT2D eigenvalue weighted by molar-refractivity contribution is 0.0592. The fraction of sp³-hybridized carbons (Fsp3) is 0.444. The maximum Gasteiger partial charge on any atom is 0.358 e. The number of hydrogen-bond acceptors (Lipinski definition) is 5. The molecule has 0 aliphatic heterocycles. The van der Waals surface area contributed by atoms with Crippen LogP contribution in [0.4, 0.5) is 0 Å². The zero-order valence-corrected chi connectivity index (χ0v) is 15.7. The van der Waals surface area contributed by atoms with Gasteiger partial charge in [-0.1, -0.05) is 25.4 Å². The van der Waals surface area contributed by atoms with Gasteiger partial charge in [0.1, 0.15) is 12.4 Å². The molecule has 2 aromatic rings. The van der Waals surface area contributed by atoms with Crippen LogP contribution in [0.1, 0.15) is 24.3 Å². The molecule has 0 saturated carbocycles. The van der Waals surface area contributed by atoms with Crippen molar-refractivity contribution in [3.05, 3.63) is 35.0 Å². The molecule has 0 saturated heterocycles. The Kier molecular flexibility index (Phi) is 6.84. The summed E-state index contributed by atoms with van der Waals surface area (Å²) in [7, 11) is 2.95. The molecule has 2 rings (SSSR count). The quantitative estimate of drug-likeness (QED) is 0.527. The maximum atomic E-state index is 11.8. The summed E-state index contributed by atoms with van der Waals surface area (Å²) in [6, 6.07) is 7.21. The number of rotatable bonds is 8. The predicted octanol–water partition coefficient (Wildman–Crippen LogP) is 3.67. The molecule has 6 nitrogen and oxygen atoms in total. The molecule has 136 valence electrons. The van der Waals surface area contributed by atoms with Crippen LogP contribution in [0.2, 0.25) is 5.02 Å². The average molecular weight is 367 g/mol. The normalized spacial score (nSPS) is 11.0. The maximum absolute atomic E-state index is 11.8. The zero-order valence-electron chi connectivity index (χ0n) is 14.9. The molecular weight excluding hydrogens is 344 g/mol. The SMILES string of the molecule is COCCOc1ccc(-c2cc(C(=O)OC)nn2CC(C)C)cc1Cl. The van der Waals surface area contributed by atoms with Crippen molar-refractivity contribution in [2.24, 2.45) is 5.92 Å². The van der Waals surface area contributed by atoms with E-state index in [0.717, 1.165) is 11.3 Å². The Hall–Kier alpha value is -2.05. The van der Waals surface area contributed by atoms with Gasteiger partial charge in [0.2, 0.25) is 0 Å². The van der Waals surface area contributed by atoms with Gasteiger partial charge in [0.05, 0.1) is 24.4 Å². The lowest BCUT2D eigenvalue weighted by Gasteiger charge is -2.12. The van der Waals surface area contributed by atoms with Crippen molar-refractivity contribution >= 4 is 17.6 Å². The molecule has 1 heterocycles. The molecule has 1 aromatic carbocycles. The topological polar surface area (TPSA) is 62.6 Å². The summed E-state index contributed by atoms with van der Waals surface area (Å²) in [5.41, 5.74) is 1.93. The number of ether oxygens (including phenoxy) is 3. The van der Waals surface area contributed by atoms with E-state index in [2.05, 4.69) is 18.9 Å². The highest BCUT2D eigenvalue weighted by Crippen LogP contribution is 2.31. The molecule has 0 amide bonds. The van der Waals surface area contributed by atoms with E-state index in [1.54, 1.807) is 30.0 Å². The summed E-state index contributed by atoms with van der Waals surface area (Å²) in [6.45, 7) is 5.76. The van der Waals surface area contributed by atoms with E-state index in [4.69, 9.17) is 25.8 Å². The second-order valence-corrected chi connectivity index (χ2v) is 6.38. The van der Waals surface area contributed by atoms with Crippen molar-refractivity contribution < 1.29 is 19.0 Å². The Morgan fingerprint density at radius 2 is 2.00 bits per heavy atom. The molecule has 0 fully saturated rings. The van der Waals surface area contributed by atoms with Crippen molar-refractivity contribution in [1.82, 2.24) is 9.78 Å². The summed E-state index contributed by atoms with van der Waals surface area (Å²) in [4.78, 5) is 11.8. The molecule has 0 aliphatic carbocycles. The molecule has 0 radical (unpaired) electrons. The minimum Gasteiger partial charge on any atom is -0.490 e. The van der Waals surface area contributed by atoms with Crippen molar-refractivity contribution in [1.29, 1.82) is 0 Å². The molecule has 0 spiro atoms. The molecule has 7 heteroatoms. The van der Waals surface area contributed by atoms with Gasteiger partial charge < -0.3 is 14.2 Å². The minimum atomic E-state index is -0.464. The van der Waals surface area contributed by atoms with Crippen LogP contribution in [-0.4, -0.2) is 43.2 Å². The lowest BCUT2D eigenvalue weighted by Crippen LogP contribution is -2.09. The highest BCUT2D eigenvalue weighted by atomic mass is 35.5. The number of methoxy groups -OCH3 is 2. The monoisotopic (exact) mass is 366 g/mol. The third kappa shape index (κ3) is 4.96. The van der Waals surface area contributed by atoms with Crippen LogP contribution in [-0.2, 0) is 16.0 Å². The van der Waals surface area contributed by atoms with Gasteiger partial charge in [-0.3, -0.25) is 4.68 Å². The van der Waals surface area contributed by atoms with Crippen molar-refractivity contribution in [3.8, 4) is 17.0 Å². The molecule has 0 N–H and O–H groups in total. The summed E-state index contributed by atoms with van der Waals surface area (Å²) in [5, 5.41) is 4.85. The number of carbonyl (C=O) groups excluding carboxylic acids is 1. The summed E-state index contributed by atoms with van der Waals surface area (Å²) < 4.78 is 17.1. The Labute approximate surface area is 152 Å². The first-order valence-electron chi connectivity index (χ1n) is 8.04. The Bertz CT molecular complexity index is 728. The van der Waals surface area contributed by atoms with E-state index in [9.17, 15) is 4.79 Å². The van der Waals surface area contributed by atoms with Gasteiger partial charge in [-0.2, -0.15) is 5.10 Å². The van der Waals surface area contributed by atoms with Crippen molar-refractivity contribution in [2.75, 3.05) is 27.4 Å². The van der Waals surface area contributed by atoms with Gasteiger partial charge in [-0.15, -0.1) is 0 Å². The van der Waals surface area contributed by atoms with Crippen LogP contribution in [0.25, 0.3) is 11.3 Å².